The van der Waals surface area contributed by atoms with Crippen LogP contribution >= 0.6 is 24.0 Å². The molecule has 1 saturated heterocycles. The lowest BCUT2D eigenvalue weighted by molar-refractivity contribution is 0.332. The van der Waals surface area contributed by atoms with Crippen LogP contribution in [0.25, 0.3) is 0 Å². The van der Waals surface area contributed by atoms with E-state index in [0.29, 0.717) is 6.04 Å². The predicted octanol–water partition coefficient (Wildman–Crippen LogP) is 2.56. The topological polar surface area (TPSA) is 40.1 Å². The van der Waals surface area contributed by atoms with Crippen LogP contribution < -0.4 is 15.0 Å². The Bertz CT molecular complexity index is 525. The first kappa shape index (κ1) is 18.2. The van der Waals surface area contributed by atoms with E-state index in [4.69, 9.17) is 4.74 Å². The van der Waals surface area contributed by atoms with Crippen LogP contribution in [0.3, 0.4) is 0 Å². The summed E-state index contributed by atoms with van der Waals surface area (Å²) in [7, 11) is 3.60. The Morgan fingerprint density at radius 1 is 1.22 bits per heavy atom. The summed E-state index contributed by atoms with van der Waals surface area (Å²) in [5.41, 5.74) is 1.24. The van der Waals surface area contributed by atoms with Crippen LogP contribution in [0.15, 0.2) is 29.3 Å². The van der Waals surface area contributed by atoms with Crippen molar-refractivity contribution >= 4 is 35.6 Å². The number of ether oxygens (including phenoxy) is 1. The van der Waals surface area contributed by atoms with Crippen LogP contribution in [0.5, 0.6) is 5.75 Å². The quantitative estimate of drug-likeness (QED) is 0.455. The van der Waals surface area contributed by atoms with Gasteiger partial charge in [-0.1, -0.05) is 6.07 Å². The van der Waals surface area contributed by atoms with E-state index in [1.807, 2.05) is 13.1 Å². The third kappa shape index (κ3) is 4.43. The number of rotatable bonds is 3. The molecule has 2 aliphatic rings. The lowest BCUT2D eigenvalue weighted by atomic mass is 9.93. The van der Waals surface area contributed by atoms with E-state index in [1.165, 1.54) is 24.9 Å². The zero-order valence-electron chi connectivity index (χ0n) is 14.0. The summed E-state index contributed by atoms with van der Waals surface area (Å²) in [6.45, 7) is 4.03. The van der Waals surface area contributed by atoms with Gasteiger partial charge in [0, 0.05) is 51.0 Å². The molecule has 23 heavy (non-hydrogen) atoms. The van der Waals surface area contributed by atoms with E-state index in [1.54, 1.807) is 7.11 Å². The molecular weight excluding hydrogens is 403 g/mol. The van der Waals surface area contributed by atoms with E-state index in [0.717, 1.165) is 37.9 Å². The highest BCUT2D eigenvalue weighted by molar-refractivity contribution is 14.0. The van der Waals surface area contributed by atoms with Crippen LogP contribution in [-0.2, 0) is 0 Å². The molecule has 1 N–H and O–H groups in total. The molecule has 1 saturated carbocycles. The van der Waals surface area contributed by atoms with Crippen molar-refractivity contribution in [2.45, 2.75) is 25.3 Å². The molecule has 5 nitrogen and oxygen atoms in total. The number of hydrogen-bond acceptors (Lipinski definition) is 3. The maximum absolute atomic E-state index is 5.32. The zero-order valence-corrected chi connectivity index (χ0v) is 16.3. The van der Waals surface area contributed by atoms with Gasteiger partial charge in [0.2, 0.25) is 0 Å². The van der Waals surface area contributed by atoms with Gasteiger partial charge in [-0.3, -0.25) is 4.99 Å². The highest BCUT2D eigenvalue weighted by Gasteiger charge is 2.24. The van der Waals surface area contributed by atoms with Crippen molar-refractivity contribution < 1.29 is 4.74 Å². The van der Waals surface area contributed by atoms with Gasteiger partial charge in [-0.05, 0) is 31.4 Å². The Kier molecular flexibility index (Phi) is 6.80. The Hall–Kier alpha value is -1.18. The van der Waals surface area contributed by atoms with E-state index < -0.39 is 0 Å². The average Bonchev–Trinajstić information content (AvgIpc) is 2.54. The van der Waals surface area contributed by atoms with Crippen molar-refractivity contribution in [1.82, 2.24) is 10.2 Å². The number of halogens is 1. The van der Waals surface area contributed by atoms with Gasteiger partial charge >= 0.3 is 0 Å². The van der Waals surface area contributed by atoms with Crippen LogP contribution in [0.2, 0.25) is 0 Å². The SMILES string of the molecule is CN=C(NC1CCC1)N1CCN(c2cccc(OC)c2)CC1.I. The number of aliphatic imine (C=N–C) groups is 1. The Balaban J connectivity index is 0.00000192. The summed E-state index contributed by atoms with van der Waals surface area (Å²) in [4.78, 5) is 9.23. The molecule has 1 aromatic rings. The van der Waals surface area contributed by atoms with Gasteiger partial charge in [0.1, 0.15) is 5.75 Å². The number of guanidine groups is 1. The number of hydrogen-bond donors (Lipinski definition) is 1. The molecule has 0 spiro atoms. The molecule has 0 bridgehead atoms. The van der Waals surface area contributed by atoms with E-state index in [2.05, 4.69) is 38.3 Å². The zero-order chi connectivity index (χ0) is 15.4. The molecule has 1 aliphatic carbocycles. The fourth-order valence-corrected chi connectivity index (χ4v) is 3.02. The fraction of sp³-hybridized carbons (Fsp3) is 0.588. The molecule has 0 atom stereocenters. The largest absolute Gasteiger partial charge is 0.497 e. The highest BCUT2D eigenvalue weighted by atomic mass is 127. The molecule has 0 aromatic heterocycles. The van der Waals surface area contributed by atoms with Crippen molar-refractivity contribution in [3.8, 4) is 5.75 Å². The van der Waals surface area contributed by atoms with E-state index in [-0.39, 0.29) is 24.0 Å². The number of nitrogens with one attached hydrogen (secondary N) is 1. The Morgan fingerprint density at radius 2 is 1.96 bits per heavy atom. The van der Waals surface area contributed by atoms with Gasteiger partial charge in [0.25, 0.3) is 0 Å². The second kappa shape index (κ2) is 8.61. The standard InChI is InChI=1S/C17H26N4O.HI/c1-18-17(19-14-5-3-6-14)21-11-9-20(10-12-21)15-7-4-8-16(13-15)22-2;/h4,7-8,13-14H,3,5-6,9-12H2,1-2H3,(H,18,19);1H. The van der Waals surface area contributed by atoms with Gasteiger partial charge in [-0.15, -0.1) is 24.0 Å². The number of nitrogens with zero attached hydrogens (tertiary/aromatic N) is 3. The van der Waals surface area contributed by atoms with Crippen molar-refractivity contribution in [2.75, 3.05) is 45.2 Å². The first-order chi connectivity index (χ1) is 10.8. The molecule has 1 aliphatic heterocycles. The van der Waals surface area contributed by atoms with Crippen LogP contribution in [0.4, 0.5) is 5.69 Å². The van der Waals surface area contributed by atoms with E-state index >= 15 is 0 Å². The Labute approximate surface area is 156 Å². The van der Waals surface area contributed by atoms with E-state index in [9.17, 15) is 0 Å². The van der Waals surface area contributed by atoms with Crippen LogP contribution in [-0.4, -0.2) is 57.2 Å². The summed E-state index contributed by atoms with van der Waals surface area (Å²) < 4.78 is 5.32. The van der Waals surface area contributed by atoms with Crippen LogP contribution in [0.1, 0.15) is 19.3 Å². The summed E-state index contributed by atoms with van der Waals surface area (Å²) in [5.74, 6) is 1.98. The summed E-state index contributed by atoms with van der Waals surface area (Å²) in [6.07, 6.45) is 3.91. The predicted molar refractivity (Wildman–Crippen MR) is 106 cm³/mol. The second-order valence-electron chi connectivity index (χ2n) is 5.99. The fourth-order valence-electron chi connectivity index (χ4n) is 3.02. The van der Waals surface area contributed by atoms with Gasteiger partial charge in [-0.25, -0.2) is 0 Å². The third-order valence-corrected chi connectivity index (χ3v) is 4.65. The minimum Gasteiger partial charge on any atom is -0.497 e. The number of anilines is 1. The monoisotopic (exact) mass is 430 g/mol. The lowest BCUT2D eigenvalue weighted by Gasteiger charge is -2.39. The molecule has 1 heterocycles. The third-order valence-electron chi connectivity index (χ3n) is 4.65. The Morgan fingerprint density at radius 3 is 2.52 bits per heavy atom. The maximum Gasteiger partial charge on any atom is 0.193 e. The summed E-state index contributed by atoms with van der Waals surface area (Å²) >= 11 is 0. The summed E-state index contributed by atoms with van der Waals surface area (Å²) in [5, 5.41) is 3.58. The first-order valence-corrected chi connectivity index (χ1v) is 8.17. The summed E-state index contributed by atoms with van der Waals surface area (Å²) in [6, 6.07) is 8.94. The first-order valence-electron chi connectivity index (χ1n) is 8.17. The van der Waals surface area contributed by atoms with Gasteiger partial charge in [0.05, 0.1) is 7.11 Å². The van der Waals surface area contributed by atoms with Gasteiger partial charge in [-0.2, -0.15) is 0 Å². The minimum atomic E-state index is 0. The van der Waals surface area contributed by atoms with Crippen LogP contribution in [0, 0.1) is 0 Å². The average molecular weight is 430 g/mol. The molecule has 128 valence electrons. The van der Waals surface area contributed by atoms with Crippen molar-refractivity contribution in [1.29, 1.82) is 0 Å². The molecule has 1 aromatic carbocycles. The molecule has 0 radical (unpaired) electrons. The van der Waals surface area contributed by atoms with Crippen molar-refractivity contribution in [3.63, 3.8) is 0 Å². The number of benzene rings is 1. The van der Waals surface area contributed by atoms with Crippen molar-refractivity contribution in [2.24, 2.45) is 4.99 Å². The molecule has 2 fully saturated rings. The molecule has 0 amide bonds. The van der Waals surface area contributed by atoms with Gasteiger partial charge < -0.3 is 19.9 Å². The molecule has 0 unspecified atom stereocenters. The lowest BCUT2D eigenvalue weighted by Crippen LogP contribution is -2.55. The van der Waals surface area contributed by atoms with Gasteiger partial charge in [0.15, 0.2) is 5.96 Å². The minimum absolute atomic E-state index is 0. The smallest absolute Gasteiger partial charge is 0.193 e. The number of methoxy groups -OCH3 is 1. The normalized spacial score (nSPS) is 19.0. The maximum atomic E-state index is 5.32. The van der Waals surface area contributed by atoms with Crippen molar-refractivity contribution in [3.05, 3.63) is 24.3 Å². The second-order valence-corrected chi connectivity index (χ2v) is 5.99. The molecular formula is C17H27IN4O. The highest BCUT2D eigenvalue weighted by Crippen LogP contribution is 2.22. The molecule has 3 rings (SSSR count). The number of piperazine rings is 1. The molecule has 6 heteroatoms.